The fourth-order valence-corrected chi connectivity index (χ4v) is 8.15. The molecule has 10 aromatic rings. The molecule has 6 aromatic carbocycles. The monoisotopic (exact) mass is 657 g/mol. The van der Waals surface area contributed by atoms with Crippen molar-refractivity contribution in [1.29, 1.82) is 0 Å². The maximum absolute atomic E-state index is 6.72. The fraction of sp³-hybridized carbons (Fsp3) is 0. The Bertz CT molecular complexity index is 2870. The van der Waals surface area contributed by atoms with E-state index in [4.69, 9.17) is 14.4 Å². The molecule has 50 heavy (non-hydrogen) atoms. The number of thiophene rings is 1. The van der Waals surface area contributed by atoms with Crippen LogP contribution in [0, 0.1) is 0 Å². The van der Waals surface area contributed by atoms with Crippen molar-refractivity contribution in [3.63, 3.8) is 0 Å². The normalized spacial score (nSPS) is 11.6. The molecule has 5 heteroatoms. The molecule has 0 radical (unpaired) electrons. The Balaban J connectivity index is 1.20. The number of nitrogens with zero attached hydrogens (tertiary/aromatic N) is 3. The Hall–Kier alpha value is -6.43. The van der Waals surface area contributed by atoms with Gasteiger partial charge in [-0.15, -0.1) is 11.3 Å². The van der Waals surface area contributed by atoms with Crippen molar-refractivity contribution < 1.29 is 4.42 Å². The second kappa shape index (κ2) is 11.6. The molecule has 0 saturated heterocycles. The third kappa shape index (κ3) is 4.79. The van der Waals surface area contributed by atoms with E-state index in [0.717, 1.165) is 72.3 Å². The molecular weight excluding hydrogens is 631 g/mol. The molecular formula is C45H27N3OS. The van der Waals surface area contributed by atoms with Crippen LogP contribution in [0.25, 0.3) is 98.3 Å². The zero-order chi connectivity index (χ0) is 33.0. The number of benzene rings is 6. The SMILES string of the molecule is c1ccc(-c2cc(-c3ccc(-c4ccc5c(c4)sc4ccccc45)c4oc5ccccc5c34)nc(-c3cccc(-c4cccnc4)c3)n2)cc1. The van der Waals surface area contributed by atoms with Crippen LogP contribution in [0.15, 0.2) is 168 Å². The highest BCUT2D eigenvalue weighted by Crippen LogP contribution is 2.44. The molecule has 0 saturated carbocycles. The third-order valence-electron chi connectivity index (χ3n) is 9.40. The first kappa shape index (κ1) is 28.6. The van der Waals surface area contributed by atoms with Gasteiger partial charge in [-0.1, -0.05) is 109 Å². The molecule has 0 bridgehead atoms. The quantitative estimate of drug-likeness (QED) is 0.185. The standard InChI is InChI=1S/C45H27N3OS/c1-2-10-28(11-3-1)38-26-39(48-45(47-38)31-13-8-12-29(24-31)32-14-9-23-46-27-32)36-22-21-33(44-43(36)37-16-4-6-17-40(37)49-44)30-19-20-35-34-15-5-7-18-41(34)50-42(35)25-30/h1-27H. The molecule has 0 aliphatic carbocycles. The summed E-state index contributed by atoms with van der Waals surface area (Å²) in [5, 5.41) is 4.68. The Morgan fingerprint density at radius 1 is 0.460 bits per heavy atom. The van der Waals surface area contributed by atoms with Gasteiger partial charge >= 0.3 is 0 Å². The molecule has 0 fully saturated rings. The number of pyridine rings is 1. The summed E-state index contributed by atoms with van der Waals surface area (Å²) in [7, 11) is 0. The average molecular weight is 658 g/mol. The minimum absolute atomic E-state index is 0.660. The predicted molar refractivity (Wildman–Crippen MR) is 207 cm³/mol. The van der Waals surface area contributed by atoms with Crippen LogP contribution >= 0.6 is 11.3 Å². The molecule has 234 valence electrons. The van der Waals surface area contributed by atoms with Crippen molar-refractivity contribution in [2.75, 3.05) is 0 Å². The summed E-state index contributed by atoms with van der Waals surface area (Å²) in [5.74, 6) is 0.660. The number of hydrogen-bond acceptors (Lipinski definition) is 5. The third-order valence-corrected chi connectivity index (χ3v) is 10.5. The zero-order valence-electron chi connectivity index (χ0n) is 26.7. The van der Waals surface area contributed by atoms with E-state index in [1.54, 1.807) is 6.20 Å². The van der Waals surface area contributed by atoms with Gasteiger partial charge in [-0.3, -0.25) is 4.98 Å². The van der Waals surface area contributed by atoms with Gasteiger partial charge in [-0.2, -0.15) is 0 Å². The van der Waals surface area contributed by atoms with Gasteiger partial charge < -0.3 is 4.42 Å². The highest BCUT2D eigenvalue weighted by atomic mass is 32.1. The Morgan fingerprint density at radius 2 is 1.20 bits per heavy atom. The lowest BCUT2D eigenvalue weighted by molar-refractivity contribution is 0.670. The van der Waals surface area contributed by atoms with Gasteiger partial charge in [0.1, 0.15) is 11.2 Å². The Morgan fingerprint density at radius 3 is 2.10 bits per heavy atom. The summed E-state index contributed by atoms with van der Waals surface area (Å²) in [5.41, 5.74) is 10.7. The lowest BCUT2D eigenvalue weighted by Gasteiger charge is -2.12. The number of aromatic nitrogens is 3. The molecule has 0 atom stereocenters. The van der Waals surface area contributed by atoms with Crippen LogP contribution in [-0.4, -0.2) is 15.0 Å². The molecule has 0 amide bonds. The van der Waals surface area contributed by atoms with Crippen molar-refractivity contribution in [3.8, 4) is 56.2 Å². The van der Waals surface area contributed by atoms with Crippen molar-refractivity contribution in [3.05, 3.63) is 164 Å². The zero-order valence-corrected chi connectivity index (χ0v) is 27.6. The number of furan rings is 1. The Kier molecular flexibility index (Phi) is 6.64. The first-order chi connectivity index (χ1) is 24.8. The summed E-state index contributed by atoms with van der Waals surface area (Å²) < 4.78 is 9.28. The van der Waals surface area contributed by atoms with Crippen molar-refractivity contribution >= 4 is 53.4 Å². The lowest BCUT2D eigenvalue weighted by atomic mass is 9.95. The van der Waals surface area contributed by atoms with Gasteiger partial charge in [-0.05, 0) is 53.6 Å². The van der Waals surface area contributed by atoms with E-state index >= 15 is 0 Å². The van der Waals surface area contributed by atoms with Gasteiger partial charge in [0, 0.05) is 71.2 Å². The molecule has 0 unspecified atom stereocenters. The van der Waals surface area contributed by atoms with Gasteiger partial charge in [0.05, 0.1) is 11.4 Å². The van der Waals surface area contributed by atoms with Crippen LogP contribution < -0.4 is 0 Å². The van der Waals surface area contributed by atoms with E-state index in [-0.39, 0.29) is 0 Å². The van der Waals surface area contributed by atoms with E-state index in [9.17, 15) is 0 Å². The summed E-state index contributed by atoms with van der Waals surface area (Å²) in [4.78, 5) is 14.7. The fourth-order valence-electron chi connectivity index (χ4n) is 7.00. The molecule has 0 aliphatic heterocycles. The van der Waals surface area contributed by atoms with E-state index in [1.807, 2.05) is 53.9 Å². The molecule has 10 rings (SSSR count). The van der Waals surface area contributed by atoms with Crippen LogP contribution in [0.1, 0.15) is 0 Å². The second-order valence-corrected chi connectivity index (χ2v) is 13.5. The highest BCUT2D eigenvalue weighted by Gasteiger charge is 2.20. The number of para-hydroxylation sites is 1. The predicted octanol–water partition coefficient (Wildman–Crippen LogP) is 12.5. The van der Waals surface area contributed by atoms with Crippen molar-refractivity contribution in [2.24, 2.45) is 0 Å². The topological polar surface area (TPSA) is 51.8 Å². The highest BCUT2D eigenvalue weighted by molar-refractivity contribution is 7.25. The molecule has 0 spiro atoms. The smallest absolute Gasteiger partial charge is 0.160 e. The lowest BCUT2D eigenvalue weighted by Crippen LogP contribution is -1.97. The van der Waals surface area contributed by atoms with Crippen LogP contribution in [0.3, 0.4) is 0 Å². The summed E-state index contributed by atoms with van der Waals surface area (Å²) in [6.07, 6.45) is 3.67. The van der Waals surface area contributed by atoms with Crippen LogP contribution in [0.5, 0.6) is 0 Å². The van der Waals surface area contributed by atoms with Crippen LogP contribution in [0.4, 0.5) is 0 Å². The van der Waals surface area contributed by atoms with E-state index in [0.29, 0.717) is 5.82 Å². The minimum atomic E-state index is 0.660. The van der Waals surface area contributed by atoms with E-state index in [2.05, 4.69) is 120 Å². The maximum atomic E-state index is 6.72. The average Bonchev–Trinajstić information content (AvgIpc) is 3.77. The molecule has 4 nitrogen and oxygen atoms in total. The molecule has 0 N–H and O–H groups in total. The molecule has 0 aliphatic rings. The first-order valence-corrected chi connectivity index (χ1v) is 17.4. The number of fused-ring (bicyclic) bond motifs is 6. The molecule has 4 heterocycles. The van der Waals surface area contributed by atoms with Gasteiger partial charge in [0.25, 0.3) is 0 Å². The minimum Gasteiger partial charge on any atom is -0.455 e. The number of rotatable bonds is 5. The largest absolute Gasteiger partial charge is 0.455 e. The van der Waals surface area contributed by atoms with E-state index < -0.39 is 0 Å². The van der Waals surface area contributed by atoms with Crippen LogP contribution in [0.2, 0.25) is 0 Å². The van der Waals surface area contributed by atoms with Crippen molar-refractivity contribution in [2.45, 2.75) is 0 Å². The summed E-state index contributed by atoms with van der Waals surface area (Å²) in [6, 6.07) is 52.8. The number of hydrogen-bond donors (Lipinski definition) is 0. The summed E-state index contributed by atoms with van der Waals surface area (Å²) in [6.45, 7) is 0. The van der Waals surface area contributed by atoms with Gasteiger partial charge in [0.15, 0.2) is 5.82 Å². The van der Waals surface area contributed by atoms with Gasteiger partial charge in [0.2, 0.25) is 0 Å². The first-order valence-electron chi connectivity index (χ1n) is 16.6. The van der Waals surface area contributed by atoms with Gasteiger partial charge in [-0.25, -0.2) is 9.97 Å². The maximum Gasteiger partial charge on any atom is 0.160 e. The summed E-state index contributed by atoms with van der Waals surface area (Å²) >= 11 is 1.83. The second-order valence-electron chi connectivity index (χ2n) is 12.4. The van der Waals surface area contributed by atoms with Crippen LogP contribution in [-0.2, 0) is 0 Å². The van der Waals surface area contributed by atoms with E-state index in [1.165, 1.54) is 20.2 Å². The molecule has 4 aromatic heterocycles. The van der Waals surface area contributed by atoms with Crippen molar-refractivity contribution in [1.82, 2.24) is 15.0 Å². The Labute approximate surface area is 292 Å².